The molecule has 0 aliphatic carbocycles. The van der Waals surface area contributed by atoms with Gasteiger partial charge in [0.05, 0.1) is 27.7 Å². The summed E-state index contributed by atoms with van der Waals surface area (Å²) in [5.41, 5.74) is 0. The monoisotopic (exact) mass is 721 g/mol. The molecule has 0 amide bonds. The molecule has 0 saturated carbocycles. The Labute approximate surface area is 302 Å². The number of esters is 2. The third-order valence-corrected chi connectivity index (χ3v) is 9.87. The highest BCUT2D eigenvalue weighted by Gasteiger charge is 2.27. The Hall–Kier alpha value is -0.990. The van der Waals surface area contributed by atoms with Crippen molar-refractivity contribution in [3.8, 4) is 0 Å². The number of hydrogen-bond acceptors (Lipinski definition) is 7. The first-order valence-electron chi connectivity index (χ1n) is 20.3. The predicted octanol–water partition coefficient (Wildman–Crippen LogP) is 10.9. The Kier molecular flexibility index (Phi) is 32.2. The summed E-state index contributed by atoms with van der Waals surface area (Å²) in [5, 5.41) is 0. The van der Waals surface area contributed by atoms with Crippen LogP contribution in [0.5, 0.6) is 0 Å². The number of phosphoric acid groups is 1. The summed E-state index contributed by atoms with van der Waals surface area (Å²) in [4.78, 5) is 35.1. The van der Waals surface area contributed by atoms with Crippen LogP contribution in [0, 0.1) is 0 Å². The molecular formula is C39H79NO8P+. The van der Waals surface area contributed by atoms with Crippen LogP contribution in [0.25, 0.3) is 0 Å². The molecule has 0 fully saturated rings. The molecule has 0 bridgehead atoms. The molecule has 0 saturated heterocycles. The van der Waals surface area contributed by atoms with Crippen LogP contribution >= 0.6 is 7.82 Å². The van der Waals surface area contributed by atoms with Crippen LogP contribution in [0.3, 0.4) is 0 Å². The molecular weight excluding hydrogens is 641 g/mol. The van der Waals surface area contributed by atoms with Gasteiger partial charge in [-0.2, -0.15) is 0 Å². The van der Waals surface area contributed by atoms with Crippen molar-refractivity contribution in [1.29, 1.82) is 0 Å². The molecule has 1 N–H and O–H groups in total. The van der Waals surface area contributed by atoms with Gasteiger partial charge in [-0.25, -0.2) is 4.57 Å². The van der Waals surface area contributed by atoms with Crippen LogP contribution in [0.4, 0.5) is 0 Å². The van der Waals surface area contributed by atoms with E-state index in [2.05, 4.69) is 13.8 Å². The van der Waals surface area contributed by atoms with Gasteiger partial charge in [-0.15, -0.1) is 0 Å². The molecule has 0 aliphatic rings. The standard InChI is InChI=1S/C39H78NO8P/c1-6-8-10-12-14-16-17-18-19-20-21-22-23-24-26-28-30-32-39(42)48-37(36-47-49(43,44)46-34-33-40(3,4)5)35-45-38(41)31-29-27-25-15-13-11-9-7-2/h37H,6-36H2,1-5H3/p+1/t37-/m0/s1. The topological polar surface area (TPSA) is 108 Å². The van der Waals surface area contributed by atoms with Crippen LogP contribution < -0.4 is 0 Å². The number of carbonyl (C=O) groups is 2. The minimum atomic E-state index is -4.36. The Morgan fingerprint density at radius 2 is 0.918 bits per heavy atom. The van der Waals surface area contributed by atoms with E-state index in [4.69, 9.17) is 18.5 Å². The highest BCUT2D eigenvalue weighted by molar-refractivity contribution is 7.47. The smallest absolute Gasteiger partial charge is 0.462 e. The molecule has 0 radical (unpaired) electrons. The van der Waals surface area contributed by atoms with Gasteiger partial charge in [0.25, 0.3) is 0 Å². The molecule has 1 unspecified atom stereocenters. The number of nitrogens with zero attached hydrogens (tertiary/aromatic N) is 1. The van der Waals surface area contributed by atoms with Crippen molar-refractivity contribution in [3.05, 3.63) is 0 Å². The van der Waals surface area contributed by atoms with E-state index in [9.17, 15) is 19.0 Å². The number of unbranched alkanes of at least 4 members (excludes halogenated alkanes) is 23. The van der Waals surface area contributed by atoms with Gasteiger partial charge in [0.1, 0.15) is 19.8 Å². The van der Waals surface area contributed by atoms with Gasteiger partial charge < -0.3 is 18.9 Å². The maximum atomic E-state index is 12.6. The lowest BCUT2D eigenvalue weighted by Gasteiger charge is -2.24. The zero-order valence-corrected chi connectivity index (χ0v) is 33.6. The van der Waals surface area contributed by atoms with E-state index in [-0.39, 0.29) is 25.6 Å². The summed E-state index contributed by atoms with van der Waals surface area (Å²) < 4.78 is 34.1. The Bertz CT molecular complexity index is 819. The predicted molar refractivity (Wildman–Crippen MR) is 201 cm³/mol. The first-order chi connectivity index (χ1) is 23.5. The zero-order valence-electron chi connectivity index (χ0n) is 32.7. The second-order valence-corrected chi connectivity index (χ2v) is 16.5. The highest BCUT2D eigenvalue weighted by Crippen LogP contribution is 2.43. The van der Waals surface area contributed by atoms with Crippen LogP contribution in [-0.2, 0) is 32.7 Å². The molecule has 0 aliphatic heterocycles. The lowest BCUT2D eigenvalue weighted by molar-refractivity contribution is -0.870. The van der Waals surface area contributed by atoms with Gasteiger partial charge in [-0.05, 0) is 12.8 Å². The Morgan fingerprint density at radius 3 is 1.31 bits per heavy atom. The maximum Gasteiger partial charge on any atom is 0.472 e. The van der Waals surface area contributed by atoms with Gasteiger partial charge in [0.2, 0.25) is 0 Å². The van der Waals surface area contributed by atoms with E-state index in [1.807, 2.05) is 21.1 Å². The molecule has 0 heterocycles. The number of ether oxygens (including phenoxy) is 2. The van der Waals surface area contributed by atoms with Crippen molar-refractivity contribution in [2.45, 2.75) is 193 Å². The van der Waals surface area contributed by atoms with E-state index in [1.54, 1.807) is 0 Å². The summed E-state index contributed by atoms with van der Waals surface area (Å²) >= 11 is 0. The summed E-state index contributed by atoms with van der Waals surface area (Å²) in [6.07, 6.45) is 30.1. The normalized spacial score (nSPS) is 13.7. The van der Waals surface area contributed by atoms with Crippen molar-refractivity contribution in [2.75, 3.05) is 47.5 Å². The lowest BCUT2D eigenvalue weighted by atomic mass is 10.0. The first-order valence-corrected chi connectivity index (χ1v) is 21.8. The van der Waals surface area contributed by atoms with Crippen molar-refractivity contribution >= 4 is 19.8 Å². The molecule has 292 valence electrons. The lowest BCUT2D eigenvalue weighted by Crippen LogP contribution is -2.37. The van der Waals surface area contributed by atoms with E-state index < -0.39 is 26.5 Å². The Morgan fingerprint density at radius 1 is 0.551 bits per heavy atom. The van der Waals surface area contributed by atoms with Gasteiger partial charge in [-0.3, -0.25) is 18.6 Å². The van der Waals surface area contributed by atoms with E-state index >= 15 is 0 Å². The van der Waals surface area contributed by atoms with Crippen molar-refractivity contribution in [3.63, 3.8) is 0 Å². The quantitative estimate of drug-likeness (QED) is 0.0292. The number of hydrogen-bond donors (Lipinski definition) is 1. The van der Waals surface area contributed by atoms with Gasteiger partial charge in [0, 0.05) is 12.8 Å². The van der Waals surface area contributed by atoms with Crippen LogP contribution in [0.15, 0.2) is 0 Å². The third kappa shape index (κ3) is 36.6. The summed E-state index contributed by atoms with van der Waals surface area (Å²) in [5.74, 6) is -0.793. The van der Waals surface area contributed by atoms with Crippen molar-refractivity contribution < 1.29 is 42.1 Å². The maximum absolute atomic E-state index is 12.6. The SMILES string of the molecule is CCCCCCCCCCCCCCCCCCCC(=O)O[C@@H](COC(=O)CCCCCCCCCC)COP(=O)(O)OCC[N+](C)(C)C. The average molecular weight is 721 g/mol. The number of phosphoric ester groups is 1. The van der Waals surface area contributed by atoms with Crippen LogP contribution in [-0.4, -0.2) is 74.9 Å². The zero-order chi connectivity index (χ0) is 36.5. The van der Waals surface area contributed by atoms with Gasteiger partial charge >= 0.3 is 19.8 Å². The fourth-order valence-electron chi connectivity index (χ4n) is 5.66. The first kappa shape index (κ1) is 48.0. The molecule has 9 nitrogen and oxygen atoms in total. The van der Waals surface area contributed by atoms with Gasteiger partial charge in [0.15, 0.2) is 6.10 Å². The van der Waals surface area contributed by atoms with Crippen LogP contribution in [0.2, 0.25) is 0 Å². The highest BCUT2D eigenvalue weighted by atomic mass is 31.2. The number of rotatable bonds is 37. The molecule has 49 heavy (non-hydrogen) atoms. The minimum Gasteiger partial charge on any atom is -0.462 e. The summed E-state index contributed by atoms with van der Waals surface area (Å²) in [6, 6.07) is 0. The summed E-state index contributed by atoms with van der Waals surface area (Å²) in [6.45, 7) is 4.41. The second kappa shape index (κ2) is 32.9. The van der Waals surface area contributed by atoms with E-state index in [0.29, 0.717) is 17.4 Å². The molecule has 0 spiro atoms. The van der Waals surface area contributed by atoms with E-state index in [0.717, 1.165) is 38.5 Å². The molecule has 0 aromatic rings. The number of carbonyl (C=O) groups excluding carboxylic acids is 2. The molecule has 10 heteroatoms. The molecule has 0 aromatic heterocycles. The van der Waals surface area contributed by atoms with Crippen LogP contribution in [0.1, 0.15) is 187 Å². The minimum absolute atomic E-state index is 0.0363. The second-order valence-electron chi connectivity index (χ2n) is 15.0. The number of quaternary nitrogens is 1. The Balaban J connectivity index is 4.29. The fourth-order valence-corrected chi connectivity index (χ4v) is 6.40. The average Bonchev–Trinajstić information content (AvgIpc) is 3.04. The fraction of sp³-hybridized carbons (Fsp3) is 0.949. The molecule has 2 atom stereocenters. The van der Waals surface area contributed by atoms with E-state index in [1.165, 1.54) is 122 Å². The third-order valence-electron chi connectivity index (χ3n) is 8.89. The largest absolute Gasteiger partial charge is 0.472 e. The molecule has 0 aromatic carbocycles. The molecule has 0 rings (SSSR count). The summed E-state index contributed by atoms with van der Waals surface area (Å²) in [7, 11) is 1.49. The van der Waals surface area contributed by atoms with Crippen molar-refractivity contribution in [2.24, 2.45) is 0 Å². The van der Waals surface area contributed by atoms with Crippen molar-refractivity contribution in [1.82, 2.24) is 0 Å². The van der Waals surface area contributed by atoms with Gasteiger partial charge in [-0.1, -0.05) is 162 Å². The number of likely N-dealkylation sites (N-methyl/N-ethyl adjacent to an activating group) is 1.